The molecule has 0 saturated carbocycles. The van der Waals surface area contributed by atoms with Gasteiger partial charge in [-0.05, 0) is 25.0 Å². The van der Waals surface area contributed by atoms with Gasteiger partial charge in [0.1, 0.15) is 5.82 Å². The van der Waals surface area contributed by atoms with Crippen molar-refractivity contribution in [1.29, 1.82) is 0 Å². The summed E-state index contributed by atoms with van der Waals surface area (Å²) >= 11 is 5.66. The third-order valence-corrected chi connectivity index (χ3v) is 5.90. The fourth-order valence-corrected chi connectivity index (χ4v) is 4.54. The number of halogens is 2. The SMILES string of the molecule is NC(c1ccc(Cl)cc1F)C1CCCCS1(=O)=O. The maximum Gasteiger partial charge on any atom is 0.155 e. The van der Waals surface area contributed by atoms with Crippen molar-refractivity contribution in [2.75, 3.05) is 5.75 Å². The van der Waals surface area contributed by atoms with E-state index in [1.807, 2.05) is 0 Å². The molecular formula is C12H15ClFNO2S. The summed E-state index contributed by atoms with van der Waals surface area (Å²) in [5, 5.41) is -0.420. The largest absolute Gasteiger partial charge is 0.323 e. The summed E-state index contributed by atoms with van der Waals surface area (Å²) in [6.45, 7) is 0. The Bertz CT molecular complexity index is 547. The zero-order chi connectivity index (χ0) is 13.3. The Kier molecular flexibility index (Phi) is 3.94. The molecule has 0 spiro atoms. The first-order chi connectivity index (χ1) is 8.42. The Morgan fingerprint density at radius 3 is 2.72 bits per heavy atom. The van der Waals surface area contributed by atoms with Gasteiger partial charge in [0.15, 0.2) is 9.84 Å². The average molecular weight is 292 g/mol. The van der Waals surface area contributed by atoms with Gasteiger partial charge in [-0.25, -0.2) is 12.8 Å². The molecular weight excluding hydrogens is 277 g/mol. The van der Waals surface area contributed by atoms with E-state index in [0.29, 0.717) is 12.8 Å². The molecule has 100 valence electrons. The quantitative estimate of drug-likeness (QED) is 0.910. The van der Waals surface area contributed by atoms with Crippen molar-refractivity contribution in [3.05, 3.63) is 34.6 Å². The monoisotopic (exact) mass is 291 g/mol. The highest BCUT2D eigenvalue weighted by Gasteiger charge is 2.35. The minimum atomic E-state index is -3.22. The van der Waals surface area contributed by atoms with Crippen LogP contribution in [-0.4, -0.2) is 19.4 Å². The van der Waals surface area contributed by atoms with Crippen molar-refractivity contribution in [2.24, 2.45) is 5.73 Å². The van der Waals surface area contributed by atoms with Crippen molar-refractivity contribution < 1.29 is 12.8 Å². The lowest BCUT2D eigenvalue weighted by Gasteiger charge is -2.28. The minimum Gasteiger partial charge on any atom is -0.323 e. The Labute approximate surface area is 111 Å². The van der Waals surface area contributed by atoms with Gasteiger partial charge in [0.25, 0.3) is 0 Å². The van der Waals surface area contributed by atoms with Crippen LogP contribution in [0.25, 0.3) is 0 Å². The maximum absolute atomic E-state index is 13.7. The lowest BCUT2D eigenvalue weighted by Crippen LogP contribution is -2.38. The van der Waals surface area contributed by atoms with Gasteiger partial charge in [0, 0.05) is 16.6 Å². The molecule has 3 nitrogen and oxygen atoms in total. The van der Waals surface area contributed by atoms with Crippen LogP contribution in [0.3, 0.4) is 0 Å². The van der Waals surface area contributed by atoms with E-state index < -0.39 is 26.9 Å². The van der Waals surface area contributed by atoms with Crippen molar-refractivity contribution in [3.63, 3.8) is 0 Å². The third kappa shape index (κ3) is 2.68. The van der Waals surface area contributed by atoms with Gasteiger partial charge in [-0.15, -0.1) is 0 Å². The summed E-state index contributed by atoms with van der Waals surface area (Å²) in [6.07, 6.45) is 1.97. The van der Waals surface area contributed by atoms with Crippen molar-refractivity contribution in [2.45, 2.75) is 30.6 Å². The van der Waals surface area contributed by atoms with Gasteiger partial charge >= 0.3 is 0 Å². The minimum absolute atomic E-state index is 0.139. The highest BCUT2D eigenvalue weighted by Crippen LogP contribution is 2.31. The topological polar surface area (TPSA) is 60.2 Å². The van der Waals surface area contributed by atoms with Crippen LogP contribution in [0.1, 0.15) is 30.9 Å². The molecule has 1 aliphatic heterocycles. The normalized spacial score (nSPS) is 24.7. The molecule has 1 aliphatic rings. The highest BCUT2D eigenvalue weighted by atomic mass is 35.5. The molecule has 1 fully saturated rings. The summed E-state index contributed by atoms with van der Waals surface area (Å²) in [5.74, 6) is -0.406. The smallest absolute Gasteiger partial charge is 0.155 e. The average Bonchev–Trinajstić information content (AvgIpc) is 2.27. The molecule has 0 aromatic heterocycles. The van der Waals surface area contributed by atoms with Crippen LogP contribution in [0, 0.1) is 5.82 Å². The van der Waals surface area contributed by atoms with Crippen LogP contribution in [-0.2, 0) is 9.84 Å². The van der Waals surface area contributed by atoms with Gasteiger partial charge in [0.05, 0.1) is 11.0 Å². The molecule has 2 rings (SSSR count). The third-order valence-electron chi connectivity index (χ3n) is 3.35. The Morgan fingerprint density at radius 2 is 2.11 bits per heavy atom. The fourth-order valence-electron chi connectivity index (χ4n) is 2.35. The Morgan fingerprint density at radius 1 is 1.39 bits per heavy atom. The molecule has 2 N–H and O–H groups in total. The highest BCUT2D eigenvalue weighted by molar-refractivity contribution is 7.92. The predicted octanol–water partition coefficient (Wildman–Crippen LogP) is 2.45. The molecule has 1 saturated heterocycles. The molecule has 2 unspecified atom stereocenters. The first-order valence-electron chi connectivity index (χ1n) is 5.84. The van der Waals surface area contributed by atoms with Crippen LogP contribution >= 0.6 is 11.6 Å². The van der Waals surface area contributed by atoms with Crippen LogP contribution in [0.15, 0.2) is 18.2 Å². The molecule has 0 amide bonds. The molecule has 0 bridgehead atoms. The van der Waals surface area contributed by atoms with Gasteiger partial charge in [0.2, 0.25) is 0 Å². The number of hydrogen-bond donors (Lipinski definition) is 1. The zero-order valence-electron chi connectivity index (χ0n) is 9.77. The molecule has 1 aromatic carbocycles. The number of sulfone groups is 1. The number of nitrogens with two attached hydrogens (primary N) is 1. The van der Waals surface area contributed by atoms with Gasteiger partial charge < -0.3 is 5.73 Å². The van der Waals surface area contributed by atoms with E-state index in [1.165, 1.54) is 12.1 Å². The van der Waals surface area contributed by atoms with Crippen molar-refractivity contribution in [3.8, 4) is 0 Å². The second-order valence-electron chi connectivity index (χ2n) is 4.59. The standard InChI is InChI=1S/C12H15ClFNO2S/c13-8-4-5-9(10(14)7-8)12(15)11-3-1-2-6-18(11,16)17/h4-5,7,11-12H,1-3,6,15H2. The summed E-state index contributed by atoms with van der Waals surface area (Å²) in [6, 6.07) is 3.32. The molecule has 2 atom stereocenters. The lowest BCUT2D eigenvalue weighted by molar-refractivity contribution is 0.492. The van der Waals surface area contributed by atoms with Crippen LogP contribution in [0.2, 0.25) is 5.02 Å². The lowest BCUT2D eigenvalue weighted by atomic mass is 10.00. The Hall–Kier alpha value is -0.650. The predicted molar refractivity (Wildman–Crippen MR) is 69.8 cm³/mol. The molecule has 18 heavy (non-hydrogen) atoms. The van der Waals surface area contributed by atoms with Crippen molar-refractivity contribution >= 4 is 21.4 Å². The van der Waals surface area contributed by atoms with E-state index in [0.717, 1.165) is 12.5 Å². The van der Waals surface area contributed by atoms with Crippen molar-refractivity contribution in [1.82, 2.24) is 0 Å². The molecule has 0 radical (unpaired) electrons. The summed E-state index contributed by atoms with van der Waals surface area (Å²) < 4.78 is 37.6. The summed E-state index contributed by atoms with van der Waals surface area (Å²) in [4.78, 5) is 0. The van der Waals surface area contributed by atoms with Crippen LogP contribution in [0.4, 0.5) is 4.39 Å². The first-order valence-corrected chi connectivity index (χ1v) is 7.93. The van der Waals surface area contributed by atoms with E-state index >= 15 is 0 Å². The van der Waals surface area contributed by atoms with Crippen LogP contribution < -0.4 is 5.73 Å². The molecule has 0 aliphatic carbocycles. The summed E-state index contributed by atoms with van der Waals surface area (Å²) in [5.41, 5.74) is 6.15. The van der Waals surface area contributed by atoms with E-state index in [1.54, 1.807) is 0 Å². The zero-order valence-corrected chi connectivity index (χ0v) is 11.3. The number of hydrogen-bond acceptors (Lipinski definition) is 3. The van der Waals surface area contributed by atoms with Crippen LogP contribution in [0.5, 0.6) is 0 Å². The second kappa shape index (κ2) is 5.15. The van der Waals surface area contributed by atoms with E-state index in [-0.39, 0.29) is 16.3 Å². The van der Waals surface area contributed by atoms with Gasteiger partial charge in [-0.2, -0.15) is 0 Å². The molecule has 1 heterocycles. The number of rotatable bonds is 2. The molecule has 6 heteroatoms. The number of benzene rings is 1. The van der Waals surface area contributed by atoms with E-state index in [4.69, 9.17) is 17.3 Å². The summed E-state index contributed by atoms with van der Waals surface area (Å²) in [7, 11) is -3.22. The first kappa shape index (κ1) is 13.8. The maximum atomic E-state index is 13.7. The van der Waals surface area contributed by atoms with E-state index in [9.17, 15) is 12.8 Å². The van der Waals surface area contributed by atoms with E-state index in [2.05, 4.69) is 0 Å². The molecule has 1 aromatic rings. The van der Waals surface area contributed by atoms with Gasteiger partial charge in [-0.3, -0.25) is 0 Å². The Balaban J connectivity index is 2.33. The fraction of sp³-hybridized carbons (Fsp3) is 0.500. The van der Waals surface area contributed by atoms with Gasteiger partial charge in [-0.1, -0.05) is 24.1 Å². The second-order valence-corrected chi connectivity index (χ2v) is 7.37.